The van der Waals surface area contributed by atoms with Gasteiger partial charge in [0.2, 0.25) is 0 Å². The zero-order valence-corrected chi connectivity index (χ0v) is 36.4. The van der Waals surface area contributed by atoms with Crippen LogP contribution in [0.25, 0.3) is 137 Å². The molecule has 0 aliphatic carbocycles. The van der Waals surface area contributed by atoms with Gasteiger partial charge in [-0.1, -0.05) is 170 Å². The van der Waals surface area contributed by atoms with Crippen molar-refractivity contribution in [2.75, 3.05) is 0 Å². The van der Waals surface area contributed by atoms with Crippen LogP contribution in [-0.2, 0) is 0 Å². The van der Waals surface area contributed by atoms with E-state index in [-0.39, 0.29) is 0 Å². The largest absolute Gasteiger partial charge is 0.309 e. The number of aromatic nitrogens is 3. The molecule has 0 aliphatic rings. The van der Waals surface area contributed by atoms with Gasteiger partial charge in [0.1, 0.15) is 0 Å². The monoisotopic (exact) mass is 849 g/mol. The molecular formula is C64H39N3. The third-order valence-electron chi connectivity index (χ3n) is 14.6. The summed E-state index contributed by atoms with van der Waals surface area (Å²) in [6.07, 6.45) is 0. The minimum absolute atomic E-state index is 1.13. The van der Waals surface area contributed by atoms with Crippen LogP contribution in [0.15, 0.2) is 237 Å². The predicted octanol–water partition coefficient (Wildman–Crippen LogP) is 17.2. The lowest BCUT2D eigenvalue weighted by atomic mass is 9.87. The van der Waals surface area contributed by atoms with Crippen LogP contribution in [0, 0.1) is 0 Å². The maximum absolute atomic E-state index is 2.46. The van der Waals surface area contributed by atoms with Gasteiger partial charge >= 0.3 is 0 Å². The van der Waals surface area contributed by atoms with Crippen LogP contribution in [0.5, 0.6) is 0 Å². The van der Waals surface area contributed by atoms with E-state index in [1.807, 2.05) is 0 Å². The maximum Gasteiger partial charge on any atom is 0.0541 e. The van der Waals surface area contributed by atoms with Gasteiger partial charge < -0.3 is 13.7 Å². The molecule has 15 rings (SSSR count). The summed E-state index contributed by atoms with van der Waals surface area (Å²) in [5, 5.41) is 15.1. The van der Waals surface area contributed by atoms with Gasteiger partial charge in [0.25, 0.3) is 0 Å². The first-order valence-corrected chi connectivity index (χ1v) is 23.2. The molecule has 0 atom stereocenters. The molecule has 3 heterocycles. The molecule has 0 N–H and O–H groups in total. The molecule has 15 aromatic rings. The minimum atomic E-state index is 1.13. The van der Waals surface area contributed by atoms with Crippen LogP contribution in [0.1, 0.15) is 0 Å². The third kappa shape index (κ3) is 5.17. The SMILES string of the molecule is c1cc(-c2ccc3ccc4c(-c5cc(-n6c7ccccc7c7ccccc76)cc(-n6c7ccccc7c7ccccc76)c5)ccc5ccc2c3c54)cc(-n2c3ccccc3c3ccccc32)c1. The van der Waals surface area contributed by atoms with Crippen molar-refractivity contribution in [1.29, 1.82) is 0 Å². The molecule has 0 aliphatic heterocycles. The van der Waals surface area contributed by atoms with E-state index in [1.54, 1.807) is 0 Å². The molecule has 0 bridgehead atoms. The van der Waals surface area contributed by atoms with Crippen LogP contribution in [0.2, 0.25) is 0 Å². The Morgan fingerprint density at radius 3 is 0.940 bits per heavy atom. The van der Waals surface area contributed by atoms with Gasteiger partial charge in [-0.25, -0.2) is 0 Å². The fraction of sp³-hybridized carbons (Fsp3) is 0. The second-order valence-electron chi connectivity index (χ2n) is 18.0. The third-order valence-corrected chi connectivity index (χ3v) is 14.6. The van der Waals surface area contributed by atoms with E-state index in [4.69, 9.17) is 0 Å². The number of benzene rings is 12. The van der Waals surface area contributed by atoms with Crippen LogP contribution >= 0.6 is 0 Å². The number of fused-ring (bicyclic) bond motifs is 9. The van der Waals surface area contributed by atoms with Crippen molar-refractivity contribution < 1.29 is 0 Å². The first kappa shape index (κ1) is 36.4. The summed E-state index contributed by atoms with van der Waals surface area (Å²) in [5.74, 6) is 0. The van der Waals surface area contributed by atoms with E-state index in [0.29, 0.717) is 0 Å². The van der Waals surface area contributed by atoms with Crippen molar-refractivity contribution >= 4 is 97.7 Å². The molecule has 0 radical (unpaired) electrons. The van der Waals surface area contributed by atoms with Gasteiger partial charge in [-0.3, -0.25) is 0 Å². The summed E-state index contributed by atoms with van der Waals surface area (Å²) < 4.78 is 7.33. The summed E-state index contributed by atoms with van der Waals surface area (Å²) in [5.41, 5.74) is 15.4. The molecule has 310 valence electrons. The van der Waals surface area contributed by atoms with Gasteiger partial charge in [0.15, 0.2) is 0 Å². The Bertz CT molecular complexity index is 4230. The van der Waals surface area contributed by atoms with Crippen LogP contribution in [-0.4, -0.2) is 13.7 Å². The lowest BCUT2D eigenvalue weighted by molar-refractivity contribution is 1.13. The lowest BCUT2D eigenvalue weighted by Crippen LogP contribution is -2.00. The summed E-state index contributed by atoms with van der Waals surface area (Å²) in [6, 6.07) is 87.7. The Hall–Kier alpha value is -8.92. The number of rotatable bonds is 5. The lowest BCUT2D eigenvalue weighted by Gasteiger charge is -2.19. The standard InChI is InChI=1S/C64H39N3/c1-7-22-57-49(16-1)50-17-2-8-23-58(50)65(57)44-15-13-14-42(36-44)47-32-28-40-31-35-56-48(33-29-41-30-34-55(47)63(40)64(41)56)43-37-45(66-59-24-9-3-18-51(59)52-19-4-10-25-60(52)66)39-46(38-43)67-61-26-11-5-20-53(61)54-21-6-12-27-62(54)67/h1-39H. The van der Waals surface area contributed by atoms with Crippen LogP contribution in [0.4, 0.5) is 0 Å². The number of nitrogens with zero attached hydrogens (tertiary/aromatic N) is 3. The van der Waals surface area contributed by atoms with Crippen molar-refractivity contribution in [1.82, 2.24) is 13.7 Å². The highest BCUT2D eigenvalue weighted by Gasteiger charge is 2.21. The molecule has 0 saturated carbocycles. The first-order chi connectivity index (χ1) is 33.2. The predicted molar refractivity (Wildman–Crippen MR) is 284 cm³/mol. The highest BCUT2D eigenvalue weighted by Crippen LogP contribution is 2.45. The zero-order valence-electron chi connectivity index (χ0n) is 36.4. The minimum Gasteiger partial charge on any atom is -0.309 e. The van der Waals surface area contributed by atoms with E-state index in [1.165, 1.54) is 120 Å². The number of hydrogen-bond acceptors (Lipinski definition) is 0. The second kappa shape index (κ2) is 13.8. The molecule has 3 nitrogen and oxygen atoms in total. The molecule has 0 fully saturated rings. The van der Waals surface area contributed by atoms with E-state index in [0.717, 1.165) is 17.1 Å². The maximum atomic E-state index is 2.46. The molecule has 12 aromatic carbocycles. The molecule has 0 amide bonds. The normalized spacial score (nSPS) is 12.2. The average Bonchev–Trinajstić information content (AvgIpc) is 4.04. The molecule has 0 spiro atoms. The smallest absolute Gasteiger partial charge is 0.0541 e. The summed E-state index contributed by atoms with van der Waals surface area (Å²) >= 11 is 0. The summed E-state index contributed by atoms with van der Waals surface area (Å²) in [7, 11) is 0. The van der Waals surface area contributed by atoms with Crippen molar-refractivity contribution in [2.45, 2.75) is 0 Å². The Balaban J connectivity index is 0.975. The van der Waals surface area contributed by atoms with E-state index in [2.05, 4.69) is 250 Å². The second-order valence-corrected chi connectivity index (χ2v) is 18.0. The Morgan fingerprint density at radius 1 is 0.209 bits per heavy atom. The molecule has 0 unspecified atom stereocenters. The van der Waals surface area contributed by atoms with Crippen molar-refractivity contribution in [3.05, 3.63) is 237 Å². The fourth-order valence-corrected chi connectivity index (χ4v) is 11.7. The molecule has 67 heavy (non-hydrogen) atoms. The molecular weight excluding hydrogens is 811 g/mol. The molecule has 0 saturated heterocycles. The van der Waals surface area contributed by atoms with E-state index < -0.39 is 0 Å². The number of hydrogen-bond donors (Lipinski definition) is 0. The van der Waals surface area contributed by atoms with Crippen molar-refractivity contribution in [2.24, 2.45) is 0 Å². The van der Waals surface area contributed by atoms with Gasteiger partial charge in [-0.2, -0.15) is 0 Å². The van der Waals surface area contributed by atoms with Gasteiger partial charge in [0, 0.05) is 49.4 Å². The fourth-order valence-electron chi connectivity index (χ4n) is 11.7. The first-order valence-electron chi connectivity index (χ1n) is 23.2. The van der Waals surface area contributed by atoms with Gasteiger partial charge in [0.05, 0.1) is 33.1 Å². The summed E-state index contributed by atoms with van der Waals surface area (Å²) in [6.45, 7) is 0. The zero-order chi connectivity index (χ0) is 43.7. The molecule has 3 heteroatoms. The van der Waals surface area contributed by atoms with Crippen molar-refractivity contribution in [3.8, 4) is 39.3 Å². The molecule has 3 aromatic heterocycles. The van der Waals surface area contributed by atoms with Gasteiger partial charge in [-0.05, 0) is 121 Å². The summed E-state index contributed by atoms with van der Waals surface area (Å²) in [4.78, 5) is 0. The van der Waals surface area contributed by atoms with E-state index >= 15 is 0 Å². The highest BCUT2D eigenvalue weighted by atomic mass is 15.0. The average molecular weight is 850 g/mol. The van der Waals surface area contributed by atoms with E-state index in [9.17, 15) is 0 Å². The topological polar surface area (TPSA) is 14.8 Å². The van der Waals surface area contributed by atoms with Crippen LogP contribution in [0.3, 0.4) is 0 Å². The Labute approximate surface area is 385 Å². The Kier molecular flexibility index (Phi) is 7.50. The highest BCUT2D eigenvalue weighted by molar-refractivity contribution is 6.28. The van der Waals surface area contributed by atoms with Gasteiger partial charge in [-0.15, -0.1) is 0 Å². The quantitative estimate of drug-likeness (QED) is 0.153. The number of para-hydroxylation sites is 6. The van der Waals surface area contributed by atoms with Crippen molar-refractivity contribution in [3.63, 3.8) is 0 Å². The van der Waals surface area contributed by atoms with Crippen LogP contribution < -0.4 is 0 Å². The Morgan fingerprint density at radius 2 is 0.537 bits per heavy atom.